The molecule has 0 saturated heterocycles. The molecule has 104 valence electrons. The first kappa shape index (κ1) is 12.7. The number of carboxylic acids is 1. The number of hydrogen-bond donors (Lipinski definition) is 1. The van der Waals surface area contributed by atoms with Gasteiger partial charge in [0.15, 0.2) is 0 Å². The van der Waals surface area contributed by atoms with Gasteiger partial charge in [-0.25, -0.2) is 4.79 Å². The Morgan fingerprint density at radius 2 is 2.30 bits per heavy atom. The zero-order valence-corrected chi connectivity index (χ0v) is 11.4. The van der Waals surface area contributed by atoms with Crippen LogP contribution < -0.4 is 4.90 Å². The average Bonchev–Trinajstić information content (AvgIpc) is 3.02. The normalized spacial score (nSPS) is 13.6. The maximum Gasteiger partial charge on any atom is 0.335 e. The van der Waals surface area contributed by atoms with E-state index in [4.69, 9.17) is 5.11 Å². The Morgan fingerprint density at radius 3 is 3.00 bits per heavy atom. The minimum absolute atomic E-state index is 0.373. The number of aromatic nitrogens is 2. The van der Waals surface area contributed by atoms with Gasteiger partial charge in [0.2, 0.25) is 0 Å². The smallest absolute Gasteiger partial charge is 0.335 e. The Labute approximate surface area is 117 Å². The Balaban J connectivity index is 1.71. The van der Waals surface area contributed by atoms with E-state index < -0.39 is 5.97 Å². The van der Waals surface area contributed by atoms with Crippen LogP contribution in [0.1, 0.15) is 21.5 Å². The lowest BCUT2D eigenvalue weighted by molar-refractivity contribution is 0.0697. The topological polar surface area (TPSA) is 58.4 Å². The molecule has 2 heterocycles. The first-order valence-corrected chi connectivity index (χ1v) is 6.72. The van der Waals surface area contributed by atoms with Crippen LogP contribution in [-0.4, -0.2) is 33.9 Å². The lowest BCUT2D eigenvalue weighted by Crippen LogP contribution is -2.23. The lowest BCUT2D eigenvalue weighted by Gasteiger charge is -2.18. The molecule has 5 heteroatoms. The zero-order valence-electron chi connectivity index (χ0n) is 11.4. The second kappa shape index (κ2) is 5.00. The van der Waals surface area contributed by atoms with Crippen molar-refractivity contribution in [3.63, 3.8) is 0 Å². The minimum atomic E-state index is -0.860. The van der Waals surface area contributed by atoms with Gasteiger partial charge in [-0.15, -0.1) is 0 Å². The molecule has 1 aromatic heterocycles. The van der Waals surface area contributed by atoms with Gasteiger partial charge in [0.1, 0.15) is 0 Å². The SMILES string of the molecule is Cn1cc(CCN2CCc3cc(C(=O)O)ccc32)cn1. The Bertz CT molecular complexity index is 648. The molecule has 1 aliphatic rings. The third-order valence-electron chi connectivity index (χ3n) is 3.75. The van der Waals surface area contributed by atoms with Gasteiger partial charge in [-0.3, -0.25) is 4.68 Å². The Hall–Kier alpha value is -2.30. The van der Waals surface area contributed by atoms with E-state index in [0.29, 0.717) is 5.56 Å². The predicted octanol–water partition coefficient (Wildman–Crippen LogP) is 1.72. The highest BCUT2D eigenvalue weighted by Crippen LogP contribution is 2.28. The van der Waals surface area contributed by atoms with Crippen LogP contribution in [0.25, 0.3) is 0 Å². The van der Waals surface area contributed by atoms with Crippen molar-refractivity contribution in [3.05, 3.63) is 47.3 Å². The van der Waals surface area contributed by atoms with E-state index >= 15 is 0 Å². The fourth-order valence-corrected chi connectivity index (χ4v) is 2.70. The van der Waals surface area contributed by atoms with Crippen molar-refractivity contribution >= 4 is 11.7 Å². The molecule has 0 amide bonds. The van der Waals surface area contributed by atoms with Crippen molar-refractivity contribution in [1.29, 1.82) is 0 Å². The second-order valence-corrected chi connectivity index (χ2v) is 5.16. The van der Waals surface area contributed by atoms with Gasteiger partial charge in [-0.1, -0.05) is 0 Å². The van der Waals surface area contributed by atoms with E-state index in [1.807, 2.05) is 30.2 Å². The summed E-state index contributed by atoms with van der Waals surface area (Å²) in [5.41, 5.74) is 3.90. The molecule has 3 rings (SSSR count). The average molecular weight is 271 g/mol. The quantitative estimate of drug-likeness (QED) is 0.920. The first-order chi connectivity index (χ1) is 9.63. The predicted molar refractivity (Wildman–Crippen MR) is 76.2 cm³/mol. The van der Waals surface area contributed by atoms with Crippen LogP contribution in [0.15, 0.2) is 30.6 Å². The van der Waals surface area contributed by atoms with Crippen LogP contribution in [0.3, 0.4) is 0 Å². The summed E-state index contributed by atoms with van der Waals surface area (Å²) in [6.45, 7) is 1.89. The van der Waals surface area contributed by atoms with E-state index in [-0.39, 0.29) is 0 Å². The molecule has 2 aromatic rings. The highest BCUT2D eigenvalue weighted by Gasteiger charge is 2.20. The number of aryl methyl sites for hydroxylation is 1. The summed E-state index contributed by atoms with van der Waals surface area (Å²) < 4.78 is 1.81. The summed E-state index contributed by atoms with van der Waals surface area (Å²) in [5, 5.41) is 13.2. The molecule has 1 aromatic carbocycles. The Morgan fingerprint density at radius 1 is 1.45 bits per heavy atom. The highest BCUT2D eigenvalue weighted by molar-refractivity contribution is 5.88. The molecule has 1 N–H and O–H groups in total. The number of anilines is 1. The monoisotopic (exact) mass is 271 g/mol. The summed E-state index contributed by atoms with van der Waals surface area (Å²) in [6, 6.07) is 5.40. The van der Waals surface area contributed by atoms with E-state index in [2.05, 4.69) is 10.00 Å². The van der Waals surface area contributed by atoms with Crippen molar-refractivity contribution in [3.8, 4) is 0 Å². The zero-order chi connectivity index (χ0) is 14.1. The number of fused-ring (bicyclic) bond motifs is 1. The van der Waals surface area contributed by atoms with Gasteiger partial charge < -0.3 is 10.0 Å². The van der Waals surface area contributed by atoms with Crippen molar-refractivity contribution in [1.82, 2.24) is 9.78 Å². The molecule has 0 bridgehead atoms. The van der Waals surface area contributed by atoms with Crippen LogP contribution in [0, 0.1) is 0 Å². The maximum absolute atomic E-state index is 11.0. The van der Waals surface area contributed by atoms with E-state index in [1.54, 1.807) is 12.1 Å². The first-order valence-electron chi connectivity index (χ1n) is 6.72. The molecule has 0 fully saturated rings. The molecular weight excluding hydrogens is 254 g/mol. The van der Waals surface area contributed by atoms with Crippen LogP contribution in [0.5, 0.6) is 0 Å². The van der Waals surface area contributed by atoms with Gasteiger partial charge >= 0.3 is 5.97 Å². The number of hydrogen-bond acceptors (Lipinski definition) is 3. The van der Waals surface area contributed by atoms with Gasteiger partial charge in [-0.05, 0) is 42.2 Å². The summed E-state index contributed by atoms with van der Waals surface area (Å²) in [5.74, 6) is -0.860. The Kier molecular flexibility index (Phi) is 3.18. The van der Waals surface area contributed by atoms with Gasteiger partial charge in [0.25, 0.3) is 0 Å². The third-order valence-corrected chi connectivity index (χ3v) is 3.75. The third kappa shape index (κ3) is 2.39. The van der Waals surface area contributed by atoms with Crippen molar-refractivity contribution in [2.75, 3.05) is 18.0 Å². The van der Waals surface area contributed by atoms with E-state index in [1.165, 1.54) is 11.3 Å². The largest absolute Gasteiger partial charge is 0.478 e. The molecule has 1 aliphatic heterocycles. The number of nitrogens with zero attached hydrogens (tertiary/aromatic N) is 3. The number of carbonyl (C=O) groups is 1. The van der Waals surface area contributed by atoms with Crippen molar-refractivity contribution in [2.24, 2.45) is 7.05 Å². The van der Waals surface area contributed by atoms with Gasteiger partial charge in [0.05, 0.1) is 11.8 Å². The van der Waals surface area contributed by atoms with E-state index in [0.717, 1.165) is 31.5 Å². The summed E-state index contributed by atoms with van der Waals surface area (Å²) in [6.07, 6.45) is 5.80. The standard InChI is InChI=1S/C15H17N3O2/c1-17-10-11(9-16-17)4-6-18-7-5-12-8-13(15(19)20)2-3-14(12)18/h2-3,8-10H,4-7H2,1H3,(H,19,20). The summed E-state index contributed by atoms with van der Waals surface area (Å²) in [4.78, 5) is 13.3. The molecule has 0 unspecified atom stereocenters. The fraction of sp³-hybridized carbons (Fsp3) is 0.333. The second-order valence-electron chi connectivity index (χ2n) is 5.16. The molecule has 5 nitrogen and oxygen atoms in total. The molecule has 0 saturated carbocycles. The van der Waals surface area contributed by atoms with Gasteiger partial charge in [-0.2, -0.15) is 5.10 Å². The maximum atomic E-state index is 11.0. The van der Waals surface area contributed by atoms with Crippen LogP contribution in [-0.2, 0) is 19.9 Å². The van der Waals surface area contributed by atoms with Crippen LogP contribution in [0.4, 0.5) is 5.69 Å². The van der Waals surface area contributed by atoms with Gasteiger partial charge in [0, 0.05) is 32.0 Å². The minimum Gasteiger partial charge on any atom is -0.478 e. The number of rotatable bonds is 4. The molecular formula is C15H17N3O2. The molecule has 0 radical (unpaired) electrons. The lowest BCUT2D eigenvalue weighted by atomic mass is 10.1. The molecule has 0 atom stereocenters. The molecule has 0 aliphatic carbocycles. The molecule has 20 heavy (non-hydrogen) atoms. The number of benzene rings is 1. The van der Waals surface area contributed by atoms with Crippen LogP contribution in [0.2, 0.25) is 0 Å². The summed E-state index contributed by atoms with van der Waals surface area (Å²) >= 11 is 0. The van der Waals surface area contributed by atoms with E-state index in [9.17, 15) is 4.79 Å². The van der Waals surface area contributed by atoms with Crippen molar-refractivity contribution in [2.45, 2.75) is 12.8 Å². The van der Waals surface area contributed by atoms with Crippen LogP contribution >= 0.6 is 0 Å². The highest BCUT2D eigenvalue weighted by atomic mass is 16.4. The fourth-order valence-electron chi connectivity index (χ4n) is 2.70. The molecule has 0 spiro atoms. The van der Waals surface area contributed by atoms with Crippen molar-refractivity contribution < 1.29 is 9.90 Å². The summed E-state index contributed by atoms with van der Waals surface area (Å²) in [7, 11) is 1.92. The number of aromatic carboxylic acids is 1. The number of carboxylic acid groups (broad SMARTS) is 1.